The van der Waals surface area contributed by atoms with Crippen molar-refractivity contribution in [3.63, 3.8) is 0 Å². The number of amides is 1. The number of rotatable bonds is 11. The molecule has 0 atom stereocenters. The number of nitrogens with one attached hydrogen (secondary N) is 2. The summed E-state index contributed by atoms with van der Waals surface area (Å²) in [6.45, 7) is 0.436. The molecule has 2 N–H and O–H groups in total. The maximum atomic E-state index is 12.4. The predicted octanol–water partition coefficient (Wildman–Crippen LogP) is 2.91. The molecule has 0 aliphatic carbocycles. The van der Waals surface area contributed by atoms with Gasteiger partial charge in [-0.3, -0.25) is 4.79 Å². The molecular formula is C24H26N2O5S. The van der Waals surface area contributed by atoms with Crippen molar-refractivity contribution in [1.29, 1.82) is 0 Å². The minimum absolute atomic E-state index is 0.138. The summed E-state index contributed by atoms with van der Waals surface area (Å²) < 4.78 is 38.2. The number of hydrogen-bond donors (Lipinski definition) is 2. The van der Waals surface area contributed by atoms with Crippen LogP contribution in [0.1, 0.15) is 11.1 Å². The molecule has 168 valence electrons. The highest BCUT2D eigenvalue weighted by molar-refractivity contribution is 7.89. The molecule has 0 aliphatic heterocycles. The van der Waals surface area contributed by atoms with Gasteiger partial charge >= 0.3 is 0 Å². The average molecular weight is 455 g/mol. The van der Waals surface area contributed by atoms with E-state index < -0.39 is 10.0 Å². The van der Waals surface area contributed by atoms with Gasteiger partial charge in [-0.2, -0.15) is 0 Å². The van der Waals surface area contributed by atoms with Crippen LogP contribution in [0.4, 0.5) is 0 Å². The zero-order valence-corrected chi connectivity index (χ0v) is 18.6. The van der Waals surface area contributed by atoms with Gasteiger partial charge in [0.25, 0.3) is 5.91 Å². The normalized spacial score (nSPS) is 11.0. The summed E-state index contributed by atoms with van der Waals surface area (Å²) in [5.74, 6) is 0.804. The zero-order chi connectivity index (χ0) is 22.8. The van der Waals surface area contributed by atoms with Crippen molar-refractivity contribution in [2.45, 2.75) is 17.9 Å². The van der Waals surface area contributed by atoms with Crippen molar-refractivity contribution < 1.29 is 22.7 Å². The number of carbonyl (C=O) groups is 1. The Balaban J connectivity index is 1.45. The first-order chi connectivity index (χ1) is 15.5. The fourth-order valence-corrected chi connectivity index (χ4v) is 4.05. The van der Waals surface area contributed by atoms with Gasteiger partial charge in [0.2, 0.25) is 10.0 Å². The van der Waals surface area contributed by atoms with E-state index in [1.807, 2.05) is 54.6 Å². The van der Waals surface area contributed by atoms with Gasteiger partial charge in [-0.15, -0.1) is 0 Å². The first kappa shape index (κ1) is 23.3. The van der Waals surface area contributed by atoms with E-state index in [0.717, 1.165) is 11.1 Å². The Bertz CT molecular complexity index is 1120. The van der Waals surface area contributed by atoms with Crippen molar-refractivity contribution in [2.75, 3.05) is 20.3 Å². The molecule has 0 aliphatic rings. The lowest BCUT2D eigenvalue weighted by Gasteiger charge is -2.11. The Kier molecular flexibility index (Phi) is 8.24. The van der Waals surface area contributed by atoms with E-state index in [1.54, 1.807) is 7.11 Å². The maximum absolute atomic E-state index is 12.4. The van der Waals surface area contributed by atoms with Crippen molar-refractivity contribution in [1.82, 2.24) is 10.0 Å². The second-order valence-corrected chi connectivity index (χ2v) is 8.75. The van der Waals surface area contributed by atoms with Crippen LogP contribution in [0.15, 0.2) is 83.8 Å². The van der Waals surface area contributed by atoms with Crippen molar-refractivity contribution >= 4 is 15.9 Å². The van der Waals surface area contributed by atoms with Crippen LogP contribution < -0.4 is 19.5 Å². The second-order valence-electron chi connectivity index (χ2n) is 6.98. The molecule has 7 nitrogen and oxygen atoms in total. The number of ether oxygens (including phenoxy) is 2. The van der Waals surface area contributed by atoms with Gasteiger partial charge in [-0.25, -0.2) is 13.1 Å². The molecule has 3 aromatic carbocycles. The summed E-state index contributed by atoms with van der Waals surface area (Å²) in [7, 11) is -2.05. The fourth-order valence-electron chi connectivity index (χ4n) is 3.02. The fraction of sp³-hybridized carbons (Fsp3) is 0.208. The Morgan fingerprint density at radius 1 is 0.906 bits per heavy atom. The standard InChI is InChI=1S/C24H26N2O5S/c1-30-23-10-6-5-9-20(23)17-25-24(27)18-31-21-11-13-22(14-12-21)32(28,29)26-16-15-19-7-3-2-4-8-19/h2-14,26H,15-18H2,1H3,(H,25,27). The van der Waals surface area contributed by atoms with Gasteiger partial charge in [0.05, 0.1) is 12.0 Å². The number of sulfonamides is 1. The molecule has 0 spiro atoms. The highest BCUT2D eigenvalue weighted by atomic mass is 32.2. The van der Waals surface area contributed by atoms with Crippen LogP contribution in [-0.4, -0.2) is 34.6 Å². The molecule has 0 heterocycles. The Morgan fingerprint density at radius 2 is 1.59 bits per heavy atom. The highest BCUT2D eigenvalue weighted by Crippen LogP contribution is 2.17. The van der Waals surface area contributed by atoms with Crippen molar-refractivity contribution in [2.24, 2.45) is 0 Å². The van der Waals surface area contributed by atoms with Gasteiger partial charge in [-0.05, 0) is 42.3 Å². The molecule has 8 heteroatoms. The van der Waals surface area contributed by atoms with E-state index in [-0.39, 0.29) is 17.4 Å². The van der Waals surface area contributed by atoms with Crippen LogP contribution in [0.3, 0.4) is 0 Å². The van der Waals surface area contributed by atoms with Crippen LogP contribution in [0, 0.1) is 0 Å². The topological polar surface area (TPSA) is 93.7 Å². The molecule has 0 bridgehead atoms. The molecule has 0 saturated carbocycles. The van der Waals surface area contributed by atoms with Crippen LogP contribution in [0.5, 0.6) is 11.5 Å². The summed E-state index contributed by atoms with van der Waals surface area (Å²) in [6, 6.07) is 23.0. The molecule has 0 saturated heterocycles. The lowest BCUT2D eigenvalue weighted by molar-refractivity contribution is -0.123. The first-order valence-corrected chi connectivity index (χ1v) is 11.6. The predicted molar refractivity (Wildman–Crippen MR) is 122 cm³/mol. The van der Waals surface area contributed by atoms with Crippen LogP contribution in [0.2, 0.25) is 0 Å². The zero-order valence-electron chi connectivity index (χ0n) is 17.8. The molecule has 3 rings (SSSR count). The van der Waals surface area contributed by atoms with E-state index in [2.05, 4.69) is 10.0 Å². The highest BCUT2D eigenvalue weighted by Gasteiger charge is 2.14. The largest absolute Gasteiger partial charge is 0.496 e. The third-order valence-electron chi connectivity index (χ3n) is 4.72. The van der Waals surface area contributed by atoms with Gasteiger partial charge < -0.3 is 14.8 Å². The number of para-hydroxylation sites is 1. The summed E-state index contributed by atoms with van der Waals surface area (Å²) in [5, 5.41) is 2.77. The monoisotopic (exact) mass is 454 g/mol. The summed E-state index contributed by atoms with van der Waals surface area (Å²) >= 11 is 0. The van der Waals surface area contributed by atoms with Gasteiger partial charge in [0, 0.05) is 18.7 Å². The van der Waals surface area contributed by atoms with Crippen molar-refractivity contribution in [3.8, 4) is 11.5 Å². The van der Waals surface area contributed by atoms with Crippen LogP contribution in [0.25, 0.3) is 0 Å². The summed E-state index contributed by atoms with van der Waals surface area (Å²) in [4.78, 5) is 12.2. The second kappa shape index (κ2) is 11.3. The minimum atomic E-state index is -3.62. The number of methoxy groups -OCH3 is 1. The lowest BCUT2D eigenvalue weighted by Crippen LogP contribution is -2.28. The smallest absolute Gasteiger partial charge is 0.258 e. The third kappa shape index (κ3) is 6.83. The molecule has 1 amide bonds. The lowest BCUT2D eigenvalue weighted by atomic mass is 10.2. The molecule has 0 aromatic heterocycles. The SMILES string of the molecule is COc1ccccc1CNC(=O)COc1ccc(S(=O)(=O)NCCc2ccccc2)cc1. The maximum Gasteiger partial charge on any atom is 0.258 e. The number of hydrogen-bond acceptors (Lipinski definition) is 5. The van der Waals surface area contributed by atoms with E-state index in [0.29, 0.717) is 31.0 Å². The third-order valence-corrected chi connectivity index (χ3v) is 6.20. The molecule has 3 aromatic rings. The summed E-state index contributed by atoms with van der Waals surface area (Å²) in [6.07, 6.45) is 0.602. The van der Waals surface area contributed by atoms with Crippen LogP contribution >= 0.6 is 0 Å². The van der Waals surface area contributed by atoms with E-state index in [1.165, 1.54) is 24.3 Å². The number of benzene rings is 3. The van der Waals surface area contributed by atoms with Crippen molar-refractivity contribution in [3.05, 3.63) is 90.0 Å². The molecule has 32 heavy (non-hydrogen) atoms. The van der Waals surface area contributed by atoms with Crippen LogP contribution in [-0.2, 0) is 27.8 Å². The molecule has 0 fully saturated rings. The summed E-state index contributed by atoms with van der Waals surface area (Å²) in [5.41, 5.74) is 1.92. The Labute approximate surface area is 188 Å². The molecule has 0 unspecified atom stereocenters. The molecular weight excluding hydrogens is 428 g/mol. The first-order valence-electron chi connectivity index (χ1n) is 10.1. The quantitative estimate of drug-likeness (QED) is 0.465. The average Bonchev–Trinajstić information content (AvgIpc) is 2.82. The van der Waals surface area contributed by atoms with E-state index in [4.69, 9.17) is 9.47 Å². The number of carbonyl (C=O) groups excluding carboxylic acids is 1. The van der Waals surface area contributed by atoms with Gasteiger partial charge in [0.1, 0.15) is 11.5 Å². The Morgan fingerprint density at radius 3 is 2.31 bits per heavy atom. The van der Waals surface area contributed by atoms with E-state index in [9.17, 15) is 13.2 Å². The Hall–Kier alpha value is -3.36. The molecule has 0 radical (unpaired) electrons. The minimum Gasteiger partial charge on any atom is -0.496 e. The van der Waals surface area contributed by atoms with Gasteiger partial charge in [0.15, 0.2) is 6.61 Å². The van der Waals surface area contributed by atoms with E-state index >= 15 is 0 Å². The van der Waals surface area contributed by atoms with Gasteiger partial charge in [-0.1, -0.05) is 48.5 Å².